The molecule has 1 aromatic carbocycles. The number of nitrogens with zero attached hydrogens (tertiary/aromatic N) is 1. The van der Waals surface area contributed by atoms with Crippen LogP contribution in [-0.4, -0.2) is 30.7 Å². The van der Waals surface area contributed by atoms with Crippen LogP contribution < -0.4 is 10.6 Å². The van der Waals surface area contributed by atoms with E-state index in [-0.39, 0.29) is 10.6 Å². The van der Waals surface area contributed by atoms with Crippen molar-refractivity contribution < 1.29 is 9.66 Å². The first-order chi connectivity index (χ1) is 10.1. The SMILES string of the molecule is CCNc1cc(NCC2CCOC2CC)cc([N+](=O)[O-])c1. The third-order valence-corrected chi connectivity index (χ3v) is 3.83. The first-order valence-corrected chi connectivity index (χ1v) is 7.52. The fourth-order valence-electron chi connectivity index (χ4n) is 2.75. The Kier molecular flexibility index (Phi) is 5.38. The van der Waals surface area contributed by atoms with Crippen molar-refractivity contribution in [3.8, 4) is 0 Å². The van der Waals surface area contributed by atoms with Gasteiger partial charge in [-0.3, -0.25) is 10.1 Å². The van der Waals surface area contributed by atoms with E-state index in [2.05, 4.69) is 17.6 Å². The Bertz CT molecular complexity index is 493. The maximum Gasteiger partial charge on any atom is 0.273 e. The largest absolute Gasteiger partial charge is 0.385 e. The second-order valence-corrected chi connectivity index (χ2v) is 5.30. The summed E-state index contributed by atoms with van der Waals surface area (Å²) in [6.45, 7) is 6.41. The molecule has 0 radical (unpaired) electrons. The van der Waals surface area contributed by atoms with E-state index < -0.39 is 0 Å². The highest BCUT2D eigenvalue weighted by molar-refractivity contribution is 5.63. The molecule has 6 nitrogen and oxygen atoms in total. The summed E-state index contributed by atoms with van der Waals surface area (Å²) < 4.78 is 5.67. The minimum atomic E-state index is -0.362. The lowest BCUT2D eigenvalue weighted by atomic mass is 9.99. The van der Waals surface area contributed by atoms with Crippen molar-refractivity contribution in [1.82, 2.24) is 0 Å². The van der Waals surface area contributed by atoms with Crippen molar-refractivity contribution in [1.29, 1.82) is 0 Å². The molecule has 6 heteroatoms. The van der Waals surface area contributed by atoms with Crippen LogP contribution in [0.5, 0.6) is 0 Å². The number of benzene rings is 1. The maximum absolute atomic E-state index is 11.0. The van der Waals surface area contributed by atoms with Crippen LogP contribution in [0.15, 0.2) is 18.2 Å². The van der Waals surface area contributed by atoms with Gasteiger partial charge in [0.15, 0.2) is 0 Å². The van der Waals surface area contributed by atoms with E-state index in [1.807, 2.05) is 13.0 Å². The molecule has 0 saturated carbocycles. The number of hydrogen-bond donors (Lipinski definition) is 2. The number of rotatable bonds is 7. The van der Waals surface area contributed by atoms with Gasteiger partial charge >= 0.3 is 0 Å². The van der Waals surface area contributed by atoms with Crippen LogP contribution in [0.1, 0.15) is 26.7 Å². The molecule has 1 heterocycles. The van der Waals surface area contributed by atoms with Crippen molar-refractivity contribution in [3.63, 3.8) is 0 Å². The van der Waals surface area contributed by atoms with E-state index in [1.165, 1.54) is 0 Å². The molecule has 1 aliphatic heterocycles. The van der Waals surface area contributed by atoms with Gasteiger partial charge in [0.2, 0.25) is 0 Å². The smallest absolute Gasteiger partial charge is 0.273 e. The zero-order valence-corrected chi connectivity index (χ0v) is 12.6. The molecule has 0 bridgehead atoms. The average Bonchev–Trinajstić information content (AvgIpc) is 2.92. The molecule has 1 aromatic rings. The van der Waals surface area contributed by atoms with E-state index in [0.717, 1.165) is 43.9 Å². The van der Waals surface area contributed by atoms with Crippen LogP contribution in [0.3, 0.4) is 0 Å². The number of nitro benzene ring substituents is 1. The lowest BCUT2D eigenvalue weighted by Gasteiger charge is -2.18. The molecule has 0 aliphatic carbocycles. The quantitative estimate of drug-likeness (QED) is 0.596. The predicted octanol–water partition coefficient (Wildman–Crippen LogP) is 3.25. The van der Waals surface area contributed by atoms with Crippen LogP contribution in [0, 0.1) is 16.0 Å². The Hall–Kier alpha value is -1.82. The summed E-state index contributed by atoms with van der Waals surface area (Å²) in [6.07, 6.45) is 2.34. The maximum atomic E-state index is 11.0. The second kappa shape index (κ2) is 7.26. The predicted molar refractivity (Wildman–Crippen MR) is 83.9 cm³/mol. The molecule has 1 saturated heterocycles. The average molecular weight is 293 g/mol. The molecule has 1 aliphatic rings. The van der Waals surface area contributed by atoms with Crippen molar-refractivity contribution >= 4 is 17.1 Å². The first kappa shape index (κ1) is 15.6. The fraction of sp³-hybridized carbons (Fsp3) is 0.600. The van der Waals surface area contributed by atoms with Crippen LogP contribution in [0.2, 0.25) is 0 Å². The second-order valence-electron chi connectivity index (χ2n) is 5.30. The Morgan fingerprint density at radius 1 is 1.29 bits per heavy atom. The number of hydrogen-bond acceptors (Lipinski definition) is 5. The van der Waals surface area contributed by atoms with Gasteiger partial charge < -0.3 is 15.4 Å². The number of anilines is 2. The van der Waals surface area contributed by atoms with Gasteiger partial charge in [0.1, 0.15) is 0 Å². The molecular formula is C15H23N3O3. The van der Waals surface area contributed by atoms with E-state index >= 15 is 0 Å². The van der Waals surface area contributed by atoms with Gasteiger partial charge in [-0.05, 0) is 25.8 Å². The fourth-order valence-corrected chi connectivity index (χ4v) is 2.75. The topological polar surface area (TPSA) is 76.4 Å². The standard InChI is InChI=1S/C15H23N3O3/c1-3-15-11(5-6-21-15)10-17-13-7-12(16-4-2)8-14(9-13)18(19)20/h7-9,11,15-17H,3-6,10H2,1-2H3. The minimum absolute atomic E-state index is 0.102. The minimum Gasteiger partial charge on any atom is -0.385 e. The van der Waals surface area contributed by atoms with Gasteiger partial charge in [0, 0.05) is 49.1 Å². The van der Waals surface area contributed by atoms with Crippen LogP contribution >= 0.6 is 0 Å². The summed E-state index contributed by atoms with van der Waals surface area (Å²) in [6, 6.07) is 5.05. The zero-order chi connectivity index (χ0) is 15.2. The Balaban J connectivity index is 2.06. The van der Waals surface area contributed by atoms with Gasteiger partial charge in [0.25, 0.3) is 5.69 Å². The molecule has 21 heavy (non-hydrogen) atoms. The van der Waals surface area contributed by atoms with Crippen LogP contribution in [-0.2, 0) is 4.74 Å². The third kappa shape index (κ3) is 4.07. The highest BCUT2D eigenvalue weighted by atomic mass is 16.6. The number of nitrogens with one attached hydrogen (secondary N) is 2. The van der Waals surface area contributed by atoms with Crippen LogP contribution in [0.25, 0.3) is 0 Å². The van der Waals surface area contributed by atoms with Crippen molar-refractivity contribution in [2.45, 2.75) is 32.8 Å². The Morgan fingerprint density at radius 3 is 2.62 bits per heavy atom. The summed E-state index contributed by atoms with van der Waals surface area (Å²) in [4.78, 5) is 10.6. The van der Waals surface area contributed by atoms with E-state index in [0.29, 0.717) is 12.0 Å². The molecule has 116 valence electrons. The Morgan fingerprint density at radius 2 is 2.00 bits per heavy atom. The zero-order valence-electron chi connectivity index (χ0n) is 12.6. The number of ether oxygens (including phenoxy) is 1. The summed E-state index contributed by atoms with van der Waals surface area (Å²) >= 11 is 0. The monoisotopic (exact) mass is 293 g/mol. The van der Waals surface area contributed by atoms with Gasteiger partial charge in [-0.25, -0.2) is 0 Å². The third-order valence-electron chi connectivity index (χ3n) is 3.83. The molecule has 2 N–H and O–H groups in total. The summed E-state index contributed by atoms with van der Waals surface area (Å²) in [7, 11) is 0. The molecule has 1 fully saturated rings. The van der Waals surface area contributed by atoms with E-state index in [4.69, 9.17) is 4.74 Å². The van der Waals surface area contributed by atoms with Gasteiger partial charge in [-0.15, -0.1) is 0 Å². The van der Waals surface area contributed by atoms with Gasteiger partial charge in [-0.2, -0.15) is 0 Å². The van der Waals surface area contributed by atoms with Gasteiger partial charge in [-0.1, -0.05) is 6.92 Å². The van der Waals surface area contributed by atoms with Crippen molar-refractivity contribution in [2.75, 3.05) is 30.3 Å². The lowest BCUT2D eigenvalue weighted by Crippen LogP contribution is -2.22. The molecule has 2 rings (SSSR count). The molecule has 2 atom stereocenters. The van der Waals surface area contributed by atoms with E-state index in [1.54, 1.807) is 12.1 Å². The number of non-ortho nitro benzene ring substituents is 1. The van der Waals surface area contributed by atoms with Crippen molar-refractivity contribution in [3.05, 3.63) is 28.3 Å². The summed E-state index contributed by atoms with van der Waals surface area (Å²) in [5, 5.41) is 17.4. The molecular weight excluding hydrogens is 270 g/mol. The Labute approximate surface area is 125 Å². The molecule has 2 unspecified atom stereocenters. The first-order valence-electron chi connectivity index (χ1n) is 7.52. The normalized spacial score (nSPS) is 21.2. The lowest BCUT2D eigenvalue weighted by molar-refractivity contribution is -0.384. The molecule has 0 aromatic heterocycles. The molecule has 0 spiro atoms. The summed E-state index contributed by atoms with van der Waals surface area (Å²) in [5.74, 6) is 0.469. The van der Waals surface area contributed by atoms with Crippen LogP contribution in [0.4, 0.5) is 17.1 Å². The summed E-state index contributed by atoms with van der Waals surface area (Å²) in [5.41, 5.74) is 1.65. The van der Waals surface area contributed by atoms with Gasteiger partial charge in [0.05, 0.1) is 11.0 Å². The highest BCUT2D eigenvalue weighted by Gasteiger charge is 2.26. The van der Waals surface area contributed by atoms with E-state index in [9.17, 15) is 10.1 Å². The van der Waals surface area contributed by atoms with Crippen molar-refractivity contribution in [2.24, 2.45) is 5.92 Å². The number of nitro groups is 1. The molecule has 0 amide bonds. The highest BCUT2D eigenvalue weighted by Crippen LogP contribution is 2.27.